The number of carbonyl (C=O) groups excluding carboxylic acids is 1. The molecule has 0 unspecified atom stereocenters. The van der Waals surface area contributed by atoms with Gasteiger partial charge in [-0.3, -0.25) is 4.79 Å². The minimum absolute atomic E-state index is 0. The monoisotopic (exact) mass is 652 g/mol. The lowest BCUT2D eigenvalue weighted by atomic mass is 10.0. The molecule has 0 bridgehead atoms. The van der Waals surface area contributed by atoms with Gasteiger partial charge >= 0.3 is 0 Å². The number of pyridine rings is 1. The molecular weight excluding hydrogens is 600 g/mol. The lowest BCUT2D eigenvalue weighted by molar-refractivity contribution is -0.688. The summed E-state index contributed by atoms with van der Waals surface area (Å²) < 4.78 is 13.7. The van der Waals surface area contributed by atoms with Crippen LogP contribution in [0, 0.1) is 0 Å². The molecular formula is C37H53BrN2O3. The molecule has 43 heavy (non-hydrogen) atoms. The number of methoxy groups -OCH3 is 1. The van der Waals surface area contributed by atoms with Crippen LogP contribution in [-0.2, 0) is 17.8 Å². The number of amides is 1. The Hall–Kier alpha value is -2.86. The Bertz CT molecular complexity index is 1140. The minimum atomic E-state index is -0.0525. The molecule has 1 aromatic heterocycles. The second kappa shape index (κ2) is 22.6. The maximum Gasteiger partial charge on any atom is 0.228 e. The van der Waals surface area contributed by atoms with E-state index in [-0.39, 0.29) is 29.3 Å². The molecule has 6 heteroatoms. The number of ether oxygens (including phenoxy) is 2. The van der Waals surface area contributed by atoms with E-state index in [1.807, 2.05) is 73.1 Å². The van der Waals surface area contributed by atoms with E-state index in [0.29, 0.717) is 18.1 Å². The summed E-state index contributed by atoms with van der Waals surface area (Å²) in [6.07, 6.45) is 23.1. The van der Waals surface area contributed by atoms with Crippen LogP contribution in [0.2, 0.25) is 0 Å². The Morgan fingerprint density at radius 3 is 1.84 bits per heavy atom. The van der Waals surface area contributed by atoms with Gasteiger partial charge in [0.1, 0.15) is 0 Å². The van der Waals surface area contributed by atoms with Gasteiger partial charge in [0, 0.05) is 23.4 Å². The van der Waals surface area contributed by atoms with E-state index in [1.165, 1.54) is 89.0 Å². The highest BCUT2D eigenvalue weighted by Gasteiger charge is 2.10. The average molecular weight is 654 g/mol. The number of anilines is 1. The topological polar surface area (TPSA) is 51.4 Å². The van der Waals surface area contributed by atoms with Crippen LogP contribution in [0.15, 0.2) is 73.1 Å². The highest BCUT2D eigenvalue weighted by Crippen LogP contribution is 2.29. The third-order valence-corrected chi connectivity index (χ3v) is 7.73. The lowest BCUT2D eigenvalue weighted by Crippen LogP contribution is -3.00. The molecule has 3 rings (SSSR count). The van der Waals surface area contributed by atoms with Gasteiger partial charge in [0.25, 0.3) is 0 Å². The lowest BCUT2D eigenvalue weighted by Gasteiger charge is -2.13. The number of halogens is 1. The molecule has 2 aromatic carbocycles. The van der Waals surface area contributed by atoms with Gasteiger partial charge in [0.15, 0.2) is 30.4 Å². The normalized spacial score (nSPS) is 10.7. The van der Waals surface area contributed by atoms with Crippen molar-refractivity contribution >= 4 is 11.6 Å². The van der Waals surface area contributed by atoms with Crippen molar-refractivity contribution in [3.05, 3.63) is 84.2 Å². The molecule has 0 fully saturated rings. The zero-order valence-electron chi connectivity index (χ0n) is 26.5. The third-order valence-electron chi connectivity index (χ3n) is 7.73. The first-order chi connectivity index (χ1) is 20.7. The summed E-state index contributed by atoms with van der Waals surface area (Å²) in [6.45, 7) is 3.74. The number of benzene rings is 2. The van der Waals surface area contributed by atoms with Gasteiger partial charge in [-0.05, 0) is 36.2 Å². The van der Waals surface area contributed by atoms with Gasteiger partial charge < -0.3 is 31.8 Å². The van der Waals surface area contributed by atoms with Crippen LogP contribution in [0.1, 0.15) is 108 Å². The SMILES string of the molecule is CCCCCCCCCCCCCCCCOc1cc(CC(=O)Nc2ccc(C[n+]3ccccc3)cc2)ccc1OC.[Br-]. The number of hydrogen-bond acceptors (Lipinski definition) is 3. The van der Waals surface area contributed by atoms with E-state index in [9.17, 15) is 4.79 Å². The van der Waals surface area contributed by atoms with Crippen molar-refractivity contribution in [2.45, 2.75) is 110 Å². The van der Waals surface area contributed by atoms with E-state index in [1.54, 1.807) is 7.11 Å². The molecule has 3 aromatic rings. The van der Waals surface area contributed by atoms with Crippen molar-refractivity contribution in [2.75, 3.05) is 19.0 Å². The summed E-state index contributed by atoms with van der Waals surface area (Å²) in [5.41, 5.74) is 2.88. The molecule has 1 N–H and O–H groups in total. The van der Waals surface area contributed by atoms with Gasteiger partial charge in [-0.2, -0.15) is 0 Å². The Morgan fingerprint density at radius 1 is 0.698 bits per heavy atom. The van der Waals surface area contributed by atoms with E-state index in [2.05, 4.69) is 16.8 Å². The number of nitrogens with zero attached hydrogens (tertiary/aromatic N) is 1. The summed E-state index contributed by atoms with van der Waals surface area (Å²) in [5, 5.41) is 3.01. The second-order valence-electron chi connectivity index (χ2n) is 11.4. The molecule has 0 aliphatic heterocycles. The van der Waals surface area contributed by atoms with Crippen molar-refractivity contribution in [1.29, 1.82) is 0 Å². The standard InChI is InChI=1S/C37H52N2O3.BrH/c1-3-4-5-6-7-8-9-10-11-12-13-14-15-19-28-42-36-29-33(22-25-35(36)41-2)30-37(40)38-34-23-20-32(21-24-34)31-39-26-17-16-18-27-39;/h16-18,20-27,29H,3-15,19,28,30-31H2,1-2H3;1H. The van der Waals surface area contributed by atoms with Gasteiger partial charge in [0.2, 0.25) is 5.91 Å². The summed E-state index contributed by atoms with van der Waals surface area (Å²) in [4.78, 5) is 12.7. The first-order valence-corrected chi connectivity index (χ1v) is 16.3. The minimum Gasteiger partial charge on any atom is -1.00 e. The van der Waals surface area contributed by atoms with Gasteiger partial charge in [-0.1, -0.05) is 115 Å². The Labute approximate surface area is 271 Å². The molecule has 1 amide bonds. The molecule has 0 radical (unpaired) electrons. The van der Waals surface area contributed by atoms with Crippen LogP contribution in [0.4, 0.5) is 5.69 Å². The summed E-state index contributed by atoms with van der Waals surface area (Å²) in [5.74, 6) is 1.36. The number of carbonyl (C=O) groups is 1. The van der Waals surface area contributed by atoms with Crippen LogP contribution in [0.5, 0.6) is 11.5 Å². The maximum absolute atomic E-state index is 12.7. The third kappa shape index (κ3) is 15.4. The molecule has 0 atom stereocenters. The zero-order valence-corrected chi connectivity index (χ0v) is 28.1. The number of hydrogen-bond donors (Lipinski definition) is 1. The van der Waals surface area contributed by atoms with E-state index in [4.69, 9.17) is 9.47 Å². The van der Waals surface area contributed by atoms with Crippen LogP contribution in [0.25, 0.3) is 0 Å². The summed E-state index contributed by atoms with van der Waals surface area (Å²) >= 11 is 0. The molecule has 5 nitrogen and oxygen atoms in total. The quantitative estimate of drug-likeness (QED) is 0.106. The van der Waals surface area contributed by atoms with Crippen LogP contribution in [0.3, 0.4) is 0 Å². The van der Waals surface area contributed by atoms with Gasteiger partial charge in [-0.15, -0.1) is 0 Å². The molecule has 0 aliphatic carbocycles. The van der Waals surface area contributed by atoms with E-state index < -0.39 is 0 Å². The van der Waals surface area contributed by atoms with Gasteiger partial charge in [0.05, 0.1) is 20.1 Å². The summed E-state index contributed by atoms with van der Waals surface area (Å²) in [7, 11) is 1.65. The average Bonchev–Trinajstić information content (AvgIpc) is 3.00. The molecule has 0 spiro atoms. The van der Waals surface area contributed by atoms with Crippen molar-refractivity contribution in [2.24, 2.45) is 0 Å². The zero-order chi connectivity index (χ0) is 29.7. The molecule has 0 saturated heterocycles. The maximum atomic E-state index is 12.7. The first kappa shape index (κ1) is 36.3. The fourth-order valence-electron chi connectivity index (χ4n) is 5.26. The Morgan fingerprint density at radius 2 is 1.26 bits per heavy atom. The second-order valence-corrected chi connectivity index (χ2v) is 11.4. The number of nitrogens with one attached hydrogen (secondary N) is 1. The van der Waals surface area contributed by atoms with Crippen molar-refractivity contribution in [3.63, 3.8) is 0 Å². The van der Waals surface area contributed by atoms with E-state index >= 15 is 0 Å². The highest BCUT2D eigenvalue weighted by atomic mass is 79.9. The Balaban J connectivity index is 0.00000645. The first-order valence-electron chi connectivity index (χ1n) is 16.3. The smallest absolute Gasteiger partial charge is 0.228 e. The molecule has 236 valence electrons. The predicted molar refractivity (Wildman–Crippen MR) is 173 cm³/mol. The van der Waals surface area contributed by atoms with Crippen LogP contribution in [-0.4, -0.2) is 19.6 Å². The Kier molecular flexibility index (Phi) is 19.1. The van der Waals surface area contributed by atoms with Gasteiger partial charge in [-0.25, -0.2) is 4.57 Å². The fraction of sp³-hybridized carbons (Fsp3) is 0.514. The van der Waals surface area contributed by atoms with Crippen molar-refractivity contribution in [1.82, 2.24) is 0 Å². The van der Waals surface area contributed by atoms with Crippen molar-refractivity contribution in [3.8, 4) is 11.5 Å². The number of aromatic nitrogens is 1. The fourth-order valence-corrected chi connectivity index (χ4v) is 5.26. The number of rotatable bonds is 22. The van der Waals surface area contributed by atoms with Crippen molar-refractivity contribution < 1.29 is 35.8 Å². The number of unbranched alkanes of at least 4 members (excludes halogenated alkanes) is 13. The molecule has 0 aliphatic rings. The predicted octanol–water partition coefficient (Wildman–Crippen LogP) is 6.08. The van der Waals surface area contributed by atoms with E-state index in [0.717, 1.165) is 24.2 Å². The molecule has 1 heterocycles. The summed E-state index contributed by atoms with van der Waals surface area (Å²) in [6, 6.07) is 19.8. The molecule has 0 saturated carbocycles. The highest BCUT2D eigenvalue weighted by molar-refractivity contribution is 5.92. The van der Waals surface area contributed by atoms with Crippen LogP contribution < -0.4 is 36.3 Å². The van der Waals surface area contributed by atoms with Crippen LogP contribution >= 0.6 is 0 Å². The largest absolute Gasteiger partial charge is 1.00 e.